The molecule has 2 aromatic carbocycles. The quantitative estimate of drug-likeness (QED) is 0.635. The SMILES string of the molecule is N#Cc1cccnc1-c1cccc(C(=O)NCCNC(=O)c2ccccc2F)c1. The van der Waals surface area contributed by atoms with E-state index < -0.39 is 11.7 Å². The van der Waals surface area contributed by atoms with Crippen LogP contribution in [0, 0.1) is 17.1 Å². The molecule has 0 unspecified atom stereocenters. The van der Waals surface area contributed by atoms with Crippen LogP contribution in [0.5, 0.6) is 0 Å². The number of rotatable bonds is 6. The first-order chi connectivity index (χ1) is 14.1. The first-order valence-electron chi connectivity index (χ1n) is 8.86. The second kappa shape index (κ2) is 9.24. The lowest BCUT2D eigenvalue weighted by Crippen LogP contribution is -2.35. The van der Waals surface area contributed by atoms with E-state index in [2.05, 4.69) is 21.7 Å². The van der Waals surface area contributed by atoms with Crippen molar-refractivity contribution in [3.8, 4) is 17.3 Å². The van der Waals surface area contributed by atoms with Crippen molar-refractivity contribution in [2.75, 3.05) is 13.1 Å². The highest BCUT2D eigenvalue weighted by Crippen LogP contribution is 2.21. The highest BCUT2D eigenvalue weighted by atomic mass is 19.1. The lowest BCUT2D eigenvalue weighted by atomic mass is 10.0. The molecular weight excluding hydrogens is 371 g/mol. The molecule has 2 amide bonds. The van der Waals surface area contributed by atoms with Gasteiger partial charge >= 0.3 is 0 Å². The fourth-order valence-electron chi connectivity index (χ4n) is 2.73. The number of carbonyl (C=O) groups excluding carboxylic acids is 2. The van der Waals surface area contributed by atoms with Crippen LogP contribution in [-0.4, -0.2) is 29.9 Å². The molecule has 1 aromatic heterocycles. The number of benzene rings is 2. The minimum absolute atomic E-state index is 0.0461. The zero-order chi connectivity index (χ0) is 20.6. The van der Waals surface area contributed by atoms with E-state index in [0.717, 1.165) is 0 Å². The van der Waals surface area contributed by atoms with Crippen LogP contribution in [0.15, 0.2) is 66.9 Å². The molecule has 0 spiro atoms. The lowest BCUT2D eigenvalue weighted by molar-refractivity contribution is 0.0925. The predicted octanol–water partition coefficient (Wildman–Crippen LogP) is 2.92. The molecule has 0 aliphatic carbocycles. The molecule has 0 bridgehead atoms. The van der Waals surface area contributed by atoms with Crippen LogP contribution in [0.2, 0.25) is 0 Å². The summed E-state index contributed by atoms with van der Waals surface area (Å²) in [6, 6.07) is 17.9. The maximum Gasteiger partial charge on any atom is 0.254 e. The van der Waals surface area contributed by atoms with Gasteiger partial charge in [0.1, 0.15) is 11.9 Å². The standard InChI is InChI=1S/C22H17FN4O2/c23-19-9-2-1-8-18(19)22(29)27-12-11-26-21(28)16-6-3-5-15(13-16)20-17(14-24)7-4-10-25-20/h1-10,13H,11-12H2,(H,26,28)(H,27,29). The van der Waals surface area contributed by atoms with Crippen molar-refractivity contribution in [2.45, 2.75) is 0 Å². The number of pyridine rings is 1. The van der Waals surface area contributed by atoms with Gasteiger partial charge in [-0.1, -0.05) is 24.3 Å². The average Bonchev–Trinajstić information content (AvgIpc) is 2.76. The van der Waals surface area contributed by atoms with Gasteiger partial charge in [0.2, 0.25) is 0 Å². The topological polar surface area (TPSA) is 94.9 Å². The van der Waals surface area contributed by atoms with Crippen LogP contribution in [-0.2, 0) is 0 Å². The number of amides is 2. The molecule has 0 fully saturated rings. The Hall–Kier alpha value is -4.05. The van der Waals surface area contributed by atoms with Gasteiger partial charge in [0.25, 0.3) is 11.8 Å². The molecule has 0 aliphatic rings. The van der Waals surface area contributed by atoms with Gasteiger partial charge in [-0.05, 0) is 36.4 Å². The zero-order valence-electron chi connectivity index (χ0n) is 15.4. The van der Waals surface area contributed by atoms with Gasteiger partial charge in [-0.3, -0.25) is 14.6 Å². The van der Waals surface area contributed by atoms with E-state index in [1.54, 1.807) is 48.7 Å². The molecule has 1 heterocycles. The predicted molar refractivity (Wildman–Crippen MR) is 105 cm³/mol. The highest BCUT2D eigenvalue weighted by molar-refractivity contribution is 5.96. The smallest absolute Gasteiger partial charge is 0.254 e. The zero-order valence-corrected chi connectivity index (χ0v) is 15.4. The van der Waals surface area contributed by atoms with E-state index in [0.29, 0.717) is 22.4 Å². The number of hydrogen-bond donors (Lipinski definition) is 2. The number of nitriles is 1. The summed E-state index contributed by atoms with van der Waals surface area (Å²) in [4.78, 5) is 28.5. The van der Waals surface area contributed by atoms with Crippen LogP contribution in [0.1, 0.15) is 26.3 Å². The van der Waals surface area contributed by atoms with Gasteiger partial charge in [-0.15, -0.1) is 0 Å². The van der Waals surface area contributed by atoms with Crippen LogP contribution in [0.25, 0.3) is 11.3 Å². The maximum atomic E-state index is 13.6. The number of hydrogen-bond acceptors (Lipinski definition) is 4. The lowest BCUT2D eigenvalue weighted by Gasteiger charge is -2.09. The minimum Gasteiger partial charge on any atom is -0.350 e. The Morgan fingerprint density at radius 3 is 2.48 bits per heavy atom. The molecule has 144 valence electrons. The molecule has 0 radical (unpaired) electrons. The first kappa shape index (κ1) is 19.7. The van der Waals surface area contributed by atoms with Crippen molar-refractivity contribution in [1.82, 2.24) is 15.6 Å². The average molecular weight is 388 g/mol. The summed E-state index contributed by atoms with van der Waals surface area (Å²) >= 11 is 0. The fourth-order valence-corrected chi connectivity index (χ4v) is 2.73. The first-order valence-corrected chi connectivity index (χ1v) is 8.86. The molecule has 3 rings (SSSR count). The van der Waals surface area contributed by atoms with E-state index in [4.69, 9.17) is 0 Å². The molecule has 0 aliphatic heterocycles. The second-order valence-corrected chi connectivity index (χ2v) is 6.08. The van der Waals surface area contributed by atoms with Crippen LogP contribution in [0.3, 0.4) is 0 Å². The summed E-state index contributed by atoms with van der Waals surface area (Å²) in [5.41, 5.74) is 1.93. The van der Waals surface area contributed by atoms with E-state index in [9.17, 15) is 19.2 Å². The Kier molecular flexibility index (Phi) is 6.28. The maximum absolute atomic E-state index is 13.6. The van der Waals surface area contributed by atoms with Crippen molar-refractivity contribution in [3.05, 3.63) is 89.4 Å². The summed E-state index contributed by atoms with van der Waals surface area (Å²) in [5.74, 6) is -1.47. The number of nitrogens with one attached hydrogen (secondary N) is 2. The third-order valence-corrected chi connectivity index (χ3v) is 4.14. The Morgan fingerprint density at radius 2 is 1.72 bits per heavy atom. The van der Waals surface area contributed by atoms with Gasteiger partial charge in [0, 0.05) is 30.4 Å². The molecule has 0 atom stereocenters. The molecular formula is C22H17FN4O2. The van der Waals surface area contributed by atoms with Crippen molar-refractivity contribution >= 4 is 11.8 Å². The summed E-state index contributed by atoms with van der Waals surface area (Å²) in [6.45, 7) is 0.327. The van der Waals surface area contributed by atoms with Gasteiger partial charge in [0.05, 0.1) is 16.8 Å². The normalized spacial score (nSPS) is 10.1. The minimum atomic E-state index is -0.600. The van der Waals surface area contributed by atoms with Gasteiger partial charge < -0.3 is 10.6 Å². The summed E-state index contributed by atoms with van der Waals surface area (Å²) in [7, 11) is 0. The molecule has 7 heteroatoms. The number of halogens is 1. The van der Waals surface area contributed by atoms with Crippen LogP contribution < -0.4 is 10.6 Å². The number of aromatic nitrogens is 1. The molecule has 29 heavy (non-hydrogen) atoms. The van der Waals surface area contributed by atoms with E-state index in [1.807, 2.05) is 0 Å². The van der Waals surface area contributed by atoms with Crippen molar-refractivity contribution in [2.24, 2.45) is 0 Å². The van der Waals surface area contributed by atoms with E-state index >= 15 is 0 Å². The second-order valence-electron chi connectivity index (χ2n) is 6.08. The molecule has 3 aromatic rings. The van der Waals surface area contributed by atoms with Gasteiger partial charge in [0.15, 0.2) is 0 Å². The fraction of sp³-hybridized carbons (Fsp3) is 0.0909. The highest BCUT2D eigenvalue weighted by Gasteiger charge is 2.12. The van der Waals surface area contributed by atoms with Crippen molar-refractivity contribution in [1.29, 1.82) is 5.26 Å². The molecule has 6 nitrogen and oxygen atoms in total. The van der Waals surface area contributed by atoms with Crippen LogP contribution >= 0.6 is 0 Å². The Morgan fingerprint density at radius 1 is 0.966 bits per heavy atom. The summed E-state index contributed by atoms with van der Waals surface area (Å²) in [6.07, 6.45) is 1.58. The van der Waals surface area contributed by atoms with Crippen molar-refractivity contribution < 1.29 is 14.0 Å². The molecule has 0 saturated carbocycles. The Labute approximate surface area is 167 Å². The number of nitrogens with zero attached hydrogens (tertiary/aromatic N) is 2. The third-order valence-electron chi connectivity index (χ3n) is 4.14. The van der Waals surface area contributed by atoms with E-state index in [-0.39, 0.29) is 24.6 Å². The summed E-state index contributed by atoms with van der Waals surface area (Å²) in [5, 5.41) is 14.5. The Bertz CT molecular complexity index is 1090. The monoisotopic (exact) mass is 388 g/mol. The van der Waals surface area contributed by atoms with Gasteiger partial charge in [-0.2, -0.15) is 5.26 Å². The molecule has 0 saturated heterocycles. The molecule has 2 N–H and O–H groups in total. The summed E-state index contributed by atoms with van der Waals surface area (Å²) < 4.78 is 13.6. The largest absolute Gasteiger partial charge is 0.350 e. The van der Waals surface area contributed by atoms with E-state index in [1.165, 1.54) is 18.2 Å². The Balaban J connectivity index is 1.58. The van der Waals surface area contributed by atoms with Crippen LogP contribution in [0.4, 0.5) is 4.39 Å². The third kappa shape index (κ3) is 4.82. The van der Waals surface area contributed by atoms with Crippen molar-refractivity contribution in [3.63, 3.8) is 0 Å². The number of carbonyl (C=O) groups is 2. The van der Waals surface area contributed by atoms with Gasteiger partial charge in [-0.25, -0.2) is 4.39 Å².